The number of H-pyrrole nitrogens is 1. The molecule has 0 radical (unpaired) electrons. The molecule has 8 heteroatoms. The van der Waals surface area contributed by atoms with Crippen LogP contribution in [0.15, 0.2) is 54.9 Å². The summed E-state index contributed by atoms with van der Waals surface area (Å²) in [7, 11) is 0. The molecule has 0 atom stereocenters. The Balaban J connectivity index is 1.52. The third-order valence-corrected chi connectivity index (χ3v) is 5.16. The lowest BCUT2D eigenvalue weighted by Gasteiger charge is -2.30. The minimum Gasteiger partial charge on any atom is -0.379 e. The van der Waals surface area contributed by atoms with Gasteiger partial charge in [0.15, 0.2) is 0 Å². The van der Waals surface area contributed by atoms with E-state index in [0.717, 1.165) is 18.7 Å². The molecule has 156 valence electrons. The number of carbonyl (C=O) groups excluding carboxylic acids is 1. The van der Waals surface area contributed by atoms with Gasteiger partial charge in [-0.2, -0.15) is 5.10 Å². The molecule has 0 aliphatic carbocycles. The maximum absolute atomic E-state index is 14.2. The molecule has 0 saturated carbocycles. The van der Waals surface area contributed by atoms with Crippen molar-refractivity contribution in [1.82, 2.24) is 25.0 Å². The number of amides is 1. The largest absolute Gasteiger partial charge is 0.379 e. The van der Waals surface area contributed by atoms with E-state index in [9.17, 15) is 9.18 Å². The van der Waals surface area contributed by atoms with Gasteiger partial charge in [0.25, 0.3) is 5.91 Å². The molecule has 1 N–H and O–H groups in total. The van der Waals surface area contributed by atoms with Gasteiger partial charge >= 0.3 is 0 Å². The maximum Gasteiger partial charge on any atom is 0.272 e. The number of carbonyl (C=O) groups is 1. The van der Waals surface area contributed by atoms with E-state index in [1.54, 1.807) is 41.6 Å². The monoisotopic (exact) mass is 409 g/mol. The van der Waals surface area contributed by atoms with Crippen LogP contribution in [0.5, 0.6) is 0 Å². The summed E-state index contributed by atoms with van der Waals surface area (Å²) in [5.74, 6) is -0.531. The summed E-state index contributed by atoms with van der Waals surface area (Å²) in [6.45, 7) is 4.42. The molecule has 0 spiro atoms. The second-order valence-electron chi connectivity index (χ2n) is 7.18. The zero-order valence-corrected chi connectivity index (χ0v) is 16.6. The van der Waals surface area contributed by atoms with Crippen LogP contribution in [0.4, 0.5) is 4.39 Å². The number of nitrogens with zero attached hydrogens (tertiary/aromatic N) is 4. The van der Waals surface area contributed by atoms with Gasteiger partial charge in [-0.25, -0.2) is 4.39 Å². The molecule has 3 heterocycles. The highest BCUT2D eigenvalue weighted by atomic mass is 19.1. The molecule has 1 aliphatic heterocycles. The molecule has 4 rings (SSSR count). The van der Waals surface area contributed by atoms with Crippen LogP contribution in [-0.4, -0.2) is 70.3 Å². The minimum atomic E-state index is -0.317. The van der Waals surface area contributed by atoms with Crippen molar-refractivity contribution < 1.29 is 13.9 Å². The third-order valence-electron chi connectivity index (χ3n) is 5.16. The zero-order valence-electron chi connectivity index (χ0n) is 16.6. The van der Waals surface area contributed by atoms with Crippen molar-refractivity contribution in [3.05, 3.63) is 71.9 Å². The SMILES string of the molecule is O=C(c1cc(-c2cccnc2)n[nH]1)N(CCN1CCOCC1)Cc1ccccc1F. The van der Waals surface area contributed by atoms with Gasteiger partial charge < -0.3 is 9.64 Å². The van der Waals surface area contributed by atoms with E-state index >= 15 is 0 Å². The number of benzene rings is 1. The van der Waals surface area contributed by atoms with Crippen molar-refractivity contribution >= 4 is 5.91 Å². The summed E-state index contributed by atoms with van der Waals surface area (Å²) in [6, 6.07) is 12.0. The predicted molar refractivity (Wildman–Crippen MR) is 110 cm³/mol. The number of hydrogen-bond acceptors (Lipinski definition) is 5. The lowest BCUT2D eigenvalue weighted by atomic mass is 10.1. The summed E-state index contributed by atoms with van der Waals surface area (Å²) in [4.78, 5) is 21.3. The first-order chi connectivity index (χ1) is 14.7. The number of ether oxygens (including phenoxy) is 1. The molecule has 1 aromatic carbocycles. The first-order valence-corrected chi connectivity index (χ1v) is 9.99. The van der Waals surface area contributed by atoms with Gasteiger partial charge in [-0.1, -0.05) is 18.2 Å². The zero-order chi connectivity index (χ0) is 20.8. The van der Waals surface area contributed by atoms with E-state index in [1.807, 2.05) is 12.1 Å². The molecule has 0 bridgehead atoms. The number of morpholine rings is 1. The normalized spacial score (nSPS) is 14.6. The summed E-state index contributed by atoms with van der Waals surface area (Å²) in [5.41, 5.74) is 2.32. The van der Waals surface area contributed by atoms with E-state index in [4.69, 9.17) is 4.74 Å². The number of pyridine rings is 1. The number of aromatic amines is 1. The number of halogens is 1. The molecule has 3 aromatic rings. The Morgan fingerprint density at radius 3 is 2.80 bits per heavy atom. The summed E-state index contributed by atoms with van der Waals surface area (Å²) in [5, 5.41) is 7.08. The Bertz CT molecular complexity index is 972. The second-order valence-corrected chi connectivity index (χ2v) is 7.18. The van der Waals surface area contributed by atoms with Crippen LogP contribution in [0.1, 0.15) is 16.1 Å². The van der Waals surface area contributed by atoms with Crippen molar-refractivity contribution in [2.75, 3.05) is 39.4 Å². The molecule has 7 nitrogen and oxygen atoms in total. The van der Waals surface area contributed by atoms with Crippen molar-refractivity contribution in [2.24, 2.45) is 0 Å². The van der Waals surface area contributed by atoms with Gasteiger partial charge in [0, 0.05) is 56.2 Å². The van der Waals surface area contributed by atoms with Crippen LogP contribution in [0.2, 0.25) is 0 Å². The molecule has 1 saturated heterocycles. The van der Waals surface area contributed by atoms with E-state index in [1.165, 1.54) is 6.07 Å². The van der Waals surface area contributed by atoms with E-state index in [2.05, 4.69) is 20.1 Å². The van der Waals surface area contributed by atoms with Crippen LogP contribution in [0.25, 0.3) is 11.3 Å². The Morgan fingerprint density at radius 2 is 2.03 bits per heavy atom. The molecule has 30 heavy (non-hydrogen) atoms. The lowest BCUT2D eigenvalue weighted by molar-refractivity contribution is 0.0319. The molecule has 1 amide bonds. The minimum absolute atomic E-state index is 0.192. The van der Waals surface area contributed by atoms with Crippen molar-refractivity contribution in [3.8, 4) is 11.3 Å². The average molecular weight is 409 g/mol. The topological polar surface area (TPSA) is 74.4 Å². The fraction of sp³-hybridized carbons (Fsp3) is 0.318. The van der Waals surface area contributed by atoms with Crippen molar-refractivity contribution in [3.63, 3.8) is 0 Å². The van der Waals surface area contributed by atoms with Crippen LogP contribution >= 0.6 is 0 Å². The molecule has 0 unspecified atom stereocenters. The highest BCUT2D eigenvalue weighted by Crippen LogP contribution is 2.18. The van der Waals surface area contributed by atoms with Crippen LogP contribution in [0.3, 0.4) is 0 Å². The van der Waals surface area contributed by atoms with Gasteiger partial charge in [-0.15, -0.1) is 0 Å². The van der Waals surface area contributed by atoms with Crippen LogP contribution in [0, 0.1) is 5.82 Å². The van der Waals surface area contributed by atoms with Crippen molar-refractivity contribution in [2.45, 2.75) is 6.54 Å². The van der Waals surface area contributed by atoms with E-state index in [0.29, 0.717) is 43.3 Å². The number of rotatable bonds is 7. The lowest BCUT2D eigenvalue weighted by Crippen LogP contribution is -2.43. The average Bonchev–Trinajstić information content (AvgIpc) is 3.29. The Kier molecular flexibility index (Phi) is 6.46. The molecular weight excluding hydrogens is 385 g/mol. The van der Waals surface area contributed by atoms with Gasteiger partial charge in [-0.3, -0.25) is 19.8 Å². The highest BCUT2D eigenvalue weighted by molar-refractivity contribution is 5.93. The van der Waals surface area contributed by atoms with Gasteiger partial charge in [0.1, 0.15) is 11.5 Å². The van der Waals surface area contributed by atoms with E-state index < -0.39 is 0 Å². The first-order valence-electron chi connectivity index (χ1n) is 9.99. The van der Waals surface area contributed by atoms with Crippen molar-refractivity contribution in [1.29, 1.82) is 0 Å². The second kappa shape index (κ2) is 9.60. The summed E-state index contributed by atoms with van der Waals surface area (Å²) < 4.78 is 19.6. The molecular formula is C22H24FN5O2. The summed E-state index contributed by atoms with van der Waals surface area (Å²) in [6.07, 6.45) is 3.38. The van der Waals surface area contributed by atoms with Crippen LogP contribution in [-0.2, 0) is 11.3 Å². The predicted octanol–water partition coefficient (Wildman–Crippen LogP) is 2.59. The Hall–Kier alpha value is -3.10. The Labute approximate surface area is 174 Å². The van der Waals surface area contributed by atoms with Crippen LogP contribution < -0.4 is 0 Å². The van der Waals surface area contributed by atoms with Gasteiger partial charge in [0.05, 0.1) is 18.9 Å². The number of hydrogen-bond donors (Lipinski definition) is 1. The van der Waals surface area contributed by atoms with Gasteiger partial charge in [0.2, 0.25) is 0 Å². The Morgan fingerprint density at radius 1 is 1.20 bits per heavy atom. The quantitative estimate of drug-likeness (QED) is 0.649. The molecule has 2 aromatic heterocycles. The first kappa shape index (κ1) is 20.2. The standard InChI is InChI=1S/C22H24FN5O2/c23-19-6-2-1-4-18(19)16-28(9-8-27-10-12-30-13-11-27)22(29)21-14-20(25-26-21)17-5-3-7-24-15-17/h1-7,14-15H,8-13,16H2,(H,25,26). The van der Waals surface area contributed by atoms with Gasteiger partial charge in [-0.05, 0) is 24.3 Å². The smallest absolute Gasteiger partial charge is 0.272 e. The summed E-state index contributed by atoms with van der Waals surface area (Å²) >= 11 is 0. The molecule has 1 aliphatic rings. The number of nitrogens with one attached hydrogen (secondary N) is 1. The fourth-order valence-corrected chi connectivity index (χ4v) is 3.44. The van der Waals surface area contributed by atoms with E-state index in [-0.39, 0.29) is 18.3 Å². The fourth-order valence-electron chi connectivity index (χ4n) is 3.44. The maximum atomic E-state index is 14.2. The third kappa shape index (κ3) is 4.90. The highest BCUT2D eigenvalue weighted by Gasteiger charge is 2.21. The molecule has 1 fully saturated rings. The number of aromatic nitrogens is 3.